The first kappa shape index (κ1) is 26.5. The van der Waals surface area contributed by atoms with Gasteiger partial charge in [0.2, 0.25) is 0 Å². The standard InChI is InChI=1S/C25H13Cl3F4N2O3/c26-15-4-1-3-14-19(11-17(28)22(20(14)15)25(30,31)32)37-13-9-7-12(8-10-13)33-24(36)34-23(35)21-16(27)5-2-6-18(21)29/h1-11H,(H2,33,34,35,36). The number of benzene rings is 4. The van der Waals surface area contributed by atoms with Crippen molar-refractivity contribution in [3.8, 4) is 11.5 Å². The molecule has 4 rings (SSSR count). The van der Waals surface area contributed by atoms with Crippen molar-refractivity contribution in [3.05, 3.63) is 98.7 Å². The Balaban J connectivity index is 1.52. The summed E-state index contributed by atoms with van der Waals surface area (Å²) in [5.74, 6) is -1.69. The van der Waals surface area contributed by atoms with E-state index in [1.807, 2.05) is 5.32 Å². The van der Waals surface area contributed by atoms with Gasteiger partial charge in [0, 0.05) is 27.5 Å². The number of rotatable bonds is 4. The van der Waals surface area contributed by atoms with Gasteiger partial charge < -0.3 is 10.1 Å². The number of urea groups is 1. The molecule has 3 amide bonds. The first-order valence-corrected chi connectivity index (χ1v) is 11.4. The smallest absolute Gasteiger partial charge is 0.418 e. The number of amides is 3. The topological polar surface area (TPSA) is 67.4 Å². The van der Waals surface area contributed by atoms with Gasteiger partial charge in [-0.05, 0) is 42.5 Å². The Labute approximate surface area is 221 Å². The molecule has 190 valence electrons. The summed E-state index contributed by atoms with van der Waals surface area (Å²) in [5.41, 5.74) is -1.32. The minimum atomic E-state index is -4.74. The summed E-state index contributed by atoms with van der Waals surface area (Å²) in [4.78, 5) is 24.3. The molecule has 12 heteroatoms. The Morgan fingerprint density at radius 2 is 1.49 bits per heavy atom. The molecular formula is C25H13Cl3F4N2O3. The average molecular weight is 572 g/mol. The van der Waals surface area contributed by atoms with Crippen molar-refractivity contribution in [2.45, 2.75) is 6.18 Å². The van der Waals surface area contributed by atoms with Crippen LogP contribution in [0.25, 0.3) is 10.8 Å². The van der Waals surface area contributed by atoms with E-state index in [4.69, 9.17) is 39.5 Å². The van der Waals surface area contributed by atoms with E-state index in [9.17, 15) is 27.2 Å². The Hall–Kier alpha value is -3.53. The van der Waals surface area contributed by atoms with Crippen molar-refractivity contribution < 1.29 is 31.9 Å². The number of halogens is 7. The normalized spacial score (nSPS) is 11.3. The number of nitrogens with one attached hydrogen (secondary N) is 2. The number of alkyl halides is 3. The molecule has 0 saturated carbocycles. The zero-order valence-electron chi connectivity index (χ0n) is 18.2. The van der Waals surface area contributed by atoms with Gasteiger partial charge in [-0.1, -0.05) is 53.0 Å². The summed E-state index contributed by atoms with van der Waals surface area (Å²) in [6, 6.07) is 13.6. The molecule has 0 bridgehead atoms. The Bertz CT molecular complexity index is 1510. The molecule has 0 radical (unpaired) electrons. The third-order valence-electron chi connectivity index (χ3n) is 5.07. The number of anilines is 1. The number of carbonyl (C=O) groups excluding carboxylic acids is 2. The number of hydrogen-bond donors (Lipinski definition) is 2. The lowest BCUT2D eigenvalue weighted by Gasteiger charge is -2.17. The molecule has 0 fully saturated rings. The molecular weight excluding hydrogens is 559 g/mol. The molecule has 37 heavy (non-hydrogen) atoms. The van der Waals surface area contributed by atoms with Gasteiger partial charge >= 0.3 is 12.2 Å². The molecule has 0 saturated heterocycles. The lowest BCUT2D eigenvalue weighted by Crippen LogP contribution is -2.35. The van der Waals surface area contributed by atoms with E-state index in [2.05, 4.69) is 5.32 Å². The minimum Gasteiger partial charge on any atom is -0.457 e. The predicted octanol–water partition coefficient (Wildman–Crippen LogP) is 8.71. The second-order valence-corrected chi connectivity index (χ2v) is 8.74. The molecule has 0 unspecified atom stereocenters. The van der Waals surface area contributed by atoms with Gasteiger partial charge in [0.25, 0.3) is 5.91 Å². The number of fused-ring (bicyclic) bond motifs is 1. The van der Waals surface area contributed by atoms with Crippen LogP contribution < -0.4 is 15.4 Å². The molecule has 0 spiro atoms. The molecule has 2 N–H and O–H groups in total. The van der Waals surface area contributed by atoms with Gasteiger partial charge in [0.1, 0.15) is 17.3 Å². The largest absolute Gasteiger partial charge is 0.457 e. The quantitative estimate of drug-likeness (QED) is 0.241. The van der Waals surface area contributed by atoms with Crippen LogP contribution in [0.2, 0.25) is 15.1 Å². The molecule has 0 aromatic heterocycles. The van der Waals surface area contributed by atoms with Gasteiger partial charge in [-0.15, -0.1) is 0 Å². The maximum Gasteiger partial charge on any atom is 0.418 e. The van der Waals surface area contributed by atoms with Crippen molar-refractivity contribution >= 4 is 63.2 Å². The summed E-state index contributed by atoms with van der Waals surface area (Å²) >= 11 is 17.8. The lowest BCUT2D eigenvalue weighted by molar-refractivity contribution is -0.136. The Morgan fingerprint density at radius 1 is 0.838 bits per heavy atom. The van der Waals surface area contributed by atoms with Crippen molar-refractivity contribution in [1.82, 2.24) is 5.32 Å². The number of imide groups is 1. The summed E-state index contributed by atoms with van der Waals surface area (Å²) in [5, 5.41) is 3.26. The highest BCUT2D eigenvalue weighted by atomic mass is 35.5. The van der Waals surface area contributed by atoms with Crippen molar-refractivity contribution in [2.24, 2.45) is 0 Å². The van der Waals surface area contributed by atoms with Crippen molar-refractivity contribution in [1.29, 1.82) is 0 Å². The summed E-state index contributed by atoms with van der Waals surface area (Å²) in [6.45, 7) is 0. The fourth-order valence-corrected chi connectivity index (χ4v) is 4.32. The van der Waals surface area contributed by atoms with Crippen LogP contribution in [0.3, 0.4) is 0 Å². The van der Waals surface area contributed by atoms with Crippen LogP contribution in [0.1, 0.15) is 15.9 Å². The highest BCUT2D eigenvalue weighted by molar-refractivity contribution is 6.38. The maximum absolute atomic E-state index is 13.9. The SMILES string of the molecule is O=C(NC(=O)c1c(F)cccc1Cl)Nc1ccc(Oc2cc(Cl)c(C(F)(F)F)c3c(Cl)cccc23)cc1. The molecule has 4 aromatic carbocycles. The third kappa shape index (κ3) is 5.74. The van der Waals surface area contributed by atoms with Crippen LogP contribution in [0.15, 0.2) is 66.7 Å². The molecule has 5 nitrogen and oxygen atoms in total. The van der Waals surface area contributed by atoms with Crippen LogP contribution >= 0.6 is 34.8 Å². The Morgan fingerprint density at radius 3 is 2.14 bits per heavy atom. The van der Waals surface area contributed by atoms with Crippen LogP contribution in [-0.4, -0.2) is 11.9 Å². The van der Waals surface area contributed by atoms with Gasteiger partial charge in [-0.3, -0.25) is 10.1 Å². The minimum absolute atomic E-state index is 0.0290. The first-order valence-electron chi connectivity index (χ1n) is 10.3. The highest BCUT2D eigenvalue weighted by Gasteiger charge is 2.37. The number of hydrogen-bond acceptors (Lipinski definition) is 3. The van der Waals surface area contributed by atoms with E-state index in [-0.39, 0.29) is 38.0 Å². The molecule has 0 aliphatic rings. The monoisotopic (exact) mass is 570 g/mol. The maximum atomic E-state index is 13.9. The van der Waals surface area contributed by atoms with Gasteiger partial charge in [0.05, 0.1) is 21.2 Å². The summed E-state index contributed by atoms with van der Waals surface area (Å²) in [7, 11) is 0. The van der Waals surface area contributed by atoms with E-state index >= 15 is 0 Å². The van der Waals surface area contributed by atoms with Crippen LogP contribution in [0.5, 0.6) is 11.5 Å². The number of ether oxygens (including phenoxy) is 1. The van der Waals surface area contributed by atoms with Gasteiger partial charge in [0.15, 0.2) is 0 Å². The van der Waals surface area contributed by atoms with Crippen molar-refractivity contribution in [3.63, 3.8) is 0 Å². The second-order valence-electron chi connectivity index (χ2n) is 7.52. The molecule has 0 aliphatic carbocycles. The van der Waals surface area contributed by atoms with E-state index in [1.165, 1.54) is 54.6 Å². The molecule has 4 aromatic rings. The fraction of sp³-hybridized carbons (Fsp3) is 0.0400. The molecule has 0 atom stereocenters. The van der Waals surface area contributed by atoms with Crippen molar-refractivity contribution in [2.75, 3.05) is 5.32 Å². The van der Waals surface area contributed by atoms with E-state index in [0.717, 1.165) is 12.1 Å². The Kier molecular flexibility index (Phi) is 7.49. The molecule has 0 aliphatic heterocycles. The summed E-state index contributed by atoms with van der Waals surface area (Å²) in [6.07, 6.45) is -4.74. The zero-order chi connectivity index (χ0) is 26.9. The fourth-order valence-electron chi connectivity index (χ4n) is 3.51. The summed E-state index contributed by atoms with van der Waals surface area (Å²) < 4.78 is 60.5. The first-order chi connectivity index (χ1) is 17.5. The highest BCUT2D eigenvalue weighted by Crippen LogP contribution is 2.46. The van der Waals surface area contributed by atoms with Crippen LogP contribution in [-0.2, 0) is 6.18 Å². The zero-order valence-corrected chi connectivity index (χ0v) is 20.5. The second kappa shape index (κ2) is 10.5. The van der Waals surface area contributed by atoms with Crippen LogP contribution in [0, 0.1) is 5.82 Å². The predicted molar refractivity (Wildman–Crippen MR) is 133 cm³/mol. The molecule has 0 heterocycles. The van der Waals surface area contributed by atoms with E-state index < -0.39 is 40.1 Å². The average Bonchev–Trinajstić information content (AvgIpc) is 2.80. The van der Waals surface area contributed by atoms with E-state index in [0.29, 0.717) is 0 Å². The van der Waals surface area contributed by atoms with Gasteiger partial charge in [-0.2, -0.15) is 13.2 Å². The van der Waals surface area contributed by atoms with E-state index in [1.54, 1.807) is 0 Å². The van der Waals surface area contributed by atoms with Gasteiger partial charge in [-0.25, -0.2) is 9.18 Å². The number of carbonyl (C=O) groups is 2. The van der Waals surface area contributed by atoms with Crippen LogP contribution in [0.4, 0.5) is 28.0 Å². The lowest BCUT2D eigenvalue weighted by atomic mass is 10.0. The third-order valence-corrected chi connectivity index (χ3v) is 5.99.